The van der Waals surface area contributed by atoms with Crippen LogP contribution < -0.4 is 0 Å². The summed E-state index contributed by atoms with van der Waals surface area (Å²) in [6.07, 6.45) is 0.00535. The molecule has 0 aromatic heterocycles. The quantitative estimate of drug-likeness (QED) is 0.819. The van der Waals surface area contributed by atoms with Gasteiger partial charge in [0.2, 0.25) is 0 Å². The van der Waals surface area contributed by atoms with Gasteiger partial charge in [-0.25, -0.2) is 0 Å². The smallest absolute Gasteiger partial charge is 0.0810 e. The Kier molecular flexibility index (Phi) is 4.87. The van der Waals surface area contributed by atoms with Crippen molar-refractivity contribution in [2.75, 3.05) is 0 Å². The van der Waals surface area contributed by atoms with Crippen LogP contribution in [-0.2, 0) is 0 Å². The van der Waals surface area contributed by atoms with E-state index in [0.29, 0.717) is 22.0 Å². The topological polar surface area (TPSA) is 20.2 Å². The Balaban J connectivity index is 2.13. The third-order valence-electron chi connectivity index (χ3n) is 3.29. The van der Waals surface area contributed by atoms with Gasteiger partial charge in [0.1, 0.15) is 0 Å². The summed E-state index contributed by atoms with van der Waals surface area (Å²) in [7, 11) is 0. The average molecular weight is 295 g/mol. The van der Waals surface area contributed by atoms with Crippen molar-refractivity contribution in [1.82, 2.24) is 0 Å². The number of aliphatic hydroxyl groups is 1. The SMILES string of the molecule is CC(CC(O)c1cccc(Cl)c1Cl)c1ccccc1. The van der Waals surface area contributed by atoms with Gasteiger partial charge < -0.3 is 5.11 Å². The maximum atomic E-state index is 10.3. The Labute approximate surface area is 123 Å². The monoisotopic (exact) mass is 294 g/mol. The molecule has 19 heavy (non-hydrogen) atoms. The summed E-state index contributed by atoms with van der Waals surface area (Å²) in [5, 5.41) is 11.2. The first-order valence-corrected chi connectivity index (χ1v) is 7.02. The van der Waals surface area contributed by atoms with Crippen LogP contribution in [0, 0.1) is 0 Å². The summed E-state index contributed by atoms with van der Waals surface area (Å²) >= 11 is 12.1. The molecule has 2 aromatic rings. The van der Waals surface area contributed by atoms with Gasteiger partial charge in [-0.2, -0.15) is 0 Å². The zero-order valence-corrected chi connectivity index (χ0v) is 12.2. The third-order valence-corrected chi connectivity index (χ3v) is 4.12. The van der Waals surface area contributed by atoms with Gasteiger partial charge in [-0.15, -0.1) is 0 Å². The molecule has 0 heterocycles. The molecule has 1 N–H and O–H groups in total. The summed E-state index contributed by atoms with van der Waals surface area (Å²) in [6.45, 7) is 2.09. The van der Waals surface area contributed by atoms with Gasteiger partial charge >= 0.3 is 0 Å². The second-order valence-corrected chi connectivity index (χ2v) is 5.49. The van der Waals surface area contributed by atoms with E-state index in [1.54, 1.807) is 12.1 Å². The molecule has 2 unspecified atom stereocenters. The average Bonchev–Trinajstić information content (AvgIpc) is 2.42. The first kappa shape index (κ1) is 14.4. The highest BCUT2D eigenvalue weighted by molar-refractivity contribution is 6.42. The summed E-state index contributed by atoms with van der Waals surface area (Å²) in [5.41, 5.74) is 1.90. The molecule has 0 bridgehead atoms. The van der Waals surface area contributed by atoms with Gasteiger partial charge in [0, 0.05) is 5.56 Å². The minimum absolute atomic E-state index is 0.256. The van der Waals surface area contributed by atoms with E-state index in [9.17, 15) is 5.11 Å². The standard InChI is InChI=1S/C16H16Cl2O/c1-11(12-6-3-2-4-7-12)10-15(19)13-8-5-9-14(17)16(13)18/h2-9,11,15,19H,10H2,1H3. The van der Waals surface area contributed by atoms with Crippen molar-refractivity contribution < 1.29 is 5.11 Å². The van der Waals surface area contributed by atoms with Crippen LogP contribution >= 0.6 is 23.2 Å². The summed E-state index contributed by atoms with van der Waals surface area (Å²) < 4.78 is 0. The molecule has 0 aliphatic rings. The number of halogens is 2. The maximum Gasteiger partial charge on any atom is 0.0810 e. The molecule has 2 atom stereocenters. The highest BCUT2D eigenvalue weighted by atomic mass is 35.5. The van der Waals surface area contributed by atoms with Crippen LogP contribution in [0.15, 0.2) is 48.5 Å². The Hall–Kier alpha value is -1.02. The Morgan fingerprint density at radius 2 is 1.68 bits per heavy atom. The molecule has 0 amide bonds. The Morgan fingerprint density at radius 1 is 1.00 bits per heavy atom. The van der Waals surface area contributed by atoms with Crippen LogP contribution in [0.1, 0.15) is 36.5 Å². The normalized spacial score (nSPS) is 14.1. The number of hydrogen-bond donors (Lipinski definition) is 1. The van der Waals surface area contributed by atoms with Gasteiger partial charge in [0.15, 0.2) is 0 Å². The Bertz CT molecular complexity index is 540. The number of hydrogen-bond acceptors (Lipinski definition) is 1. The van der Waals surface area contributed by atoms with Crippen molar-refractivity contribution in [2.45, 2.75) is 25.4 Å². The second-order valence-electron chi connectivity index (χ2n) is 4.71. The summed E-state index contributed by atoms with van der Waals surface area (Å²) in [5.74, 6) is 0.256. The van der Waals surface area contributed by atoms with E-state index >= 15 is 0 Å². The predicted octanol–water partition coefficient (Wildman–Crippen LogP) is 5.22. The third kappa shape index (κ3) is 3.50. The second kappa shape index (κ2) is 6.42. The molecule has 0 spiro atoms. The van der Waals surface area contributed by atoms with Gasteiger partial charge in [0.25, 0.3) is 0 Å². The summed E-state index contributed by atoms with van der Waals surface area (Å²) in [4.78, 5) is 0. The van der Waals surface area contributed by atoms with Crippen LogP contribution in [0.4, 0.5) is 0 Å². The lowest BCUT2D eigenvalue weighted by molar-refractivity contribution is 0.159. The fraction of sp³-hybridized carbons (Fsp3) is 0.250. The van der Waals surface area contributed by atoms with Crippen molar-refractivity contribution >= 4 is 23.2 Å². The van der Waals surface area contributed by atoms with Crippen LogP contribution in [-0.4, -0.2) is 5.11 Å². The van der Waals surface area contributed by atoms with Crippen LogP contribution in [0.3, 0.4) is 0 Å². The van der Waals surface area contributed by atoms with E-state index in [0.717, 1.165) is 0 Å². The predicted molar refractivity (Wildman–Crippen MR) is 80.9 cm³/mol. The molecule has 1 nitrogen and oxygen atoms in total. The van der Waals surface area contributed by atoms with Gasteiger partial charge in [0.05, 0.1) is 16.1 Å². The molecule has 0 fully saturated rings. The molecular weight excluding hydrogens is 279 g/mol. The lowest BCUT2D eigenvalue weighted by Gasteiger charge is -2.18. The first-order chi connectivity index (χ1) is 9.09. The van der Waals surface area contributed by atoms with Gasteiger partial charge in [-0.05, 0) is 24.0 Å². The van der Waals surface area contributed by atoms with E-state index in [1.165, 1.54) is 5.56 Å². The lowest BCUT2D eigenvalue weighted by Crippen LogP contribution is -2.04. The van der Waals surface area contributed by atoms with Gasteiger partial charge in [-0.3, -0.25) is 0 Å². The highest BCUT2D eigenvalue weighted by Crippen LogP contribution is 2.34. The number of rotatable bonds is 4. The van der Waals surface area contributed by atoms with Crippen LogP contribution in [0.2, 0.25) is 10.0 Å². The molecule has 0 saturated carbocycles. The largest absolute Gasteiger partial charge is 0.388 e. The molecule has 2 rings (SSSR count). The van der Waals surface area contributed by atoms with E-state index < -0.39 is 6.10 Å². The van der Waals surface area contributed by atoms with Crippen molar-refractivity contribution in [3.05, 3.63) is 69.7 Å². The molecule has 0 radical (unpaired) electrons. The lowest BCUT2D eigenvalue weighted by atomic mass is 9.92. The van der Waals surface area contributed by atoms with Crippen molar-refractivity contribution in [2.24, 2.45) is 0 Å². The Morgan fingerprint density at radius 3 is 2.37 bits per heavy atom. The maximum absolute atomic E-state index is 10.3. The van der Waals surface area contributed by atoms with Crippen LogP contribution in [0.5, 0.6) is 0 Å². The minimum Gasteiger partial charge on any atom is -0.388 e. The van der Waals surface area contributed by atoms with Crippen molar-refractivity contribution in [3.63, 3.8) is 0 Å². The van der Waals surface area contributed by atoms with Crippen LogP contribution in [0.25, 0.3) is 0 Å². The molecule has 0 aliphatic heterocycles. The highest BCUT2D eigenvalue weighted by Gasteiger charge is 2.17. The van der Waals surface area contributed by atoms with E-state index in [4.69, 9.17) is 23.2 Å². The zero-order valence-electron chi connectivity index (χ0n) is 10.7. The van der Waals surface area contributed by atoms with E-state index in [1.807, 2.05) is 24.3 Å². The van der Waals surface area contributed by atoms with E-state index in [2.05, 4.69) is 19.1 Å². The zero-order chi connectivity index (χ0) is 13.8. The van der Waals surface area contributed by atoms with Crippen molar-refractivity contribution in [3.8, 4) is 0 Å². The first-order valence-electron chi connectivity index (χ1n) is 6.26. The molecule has 2 aromatic carbocycles. The molecule has 3 heteroatoms. The summed E-state index contributed by atoms with van der Waals surface area (Å²) in [6, 6.07) is 15.5. The molecule has 100 valence electrons. The van der Waals surface area contributed by atoms with Crippen molar-refractivity contribution in [1.29, 1.82) is 0 Å². The minimum atomic E-state index is -0.610. The van der Waals surface area contributed by atoms with E-state index in [-0.39, 0.29) is 5.92 Å². The molecule has 0 aliphatic carbocycles. The fourth-order valence-electron chi connectivity index (χ4n) is 2.16. The fourth-order valence-corrected chi connectivity index (χ4v) is 2.59. The number of aliphatic hydroxyl groups excluding tert-OH is 1. The molecule has 0 saturated heterocycles. The molecular formula is C16H16Cl2O. The number of benzene rings is 2. The van der Waals surface area contributed by atoms with Gasteiger partial charge in [-0.1, -0.05) is 72.6 Å².